The fraction of sp³-hybridized carbons (Fsp3) is 0.917. The lowest BCUT2D eigenvalue weighted by Gasteiger charge is -2.37. The van der Waals surface area contributed by atoms with E-state index in [0.29, 0.717) is 18.5 Å². The molecule has 0 radical (unpaired) electrons. The van der Waals surface area contributed by atoms with Gasteiger partial charge in [0.25, 0.3) is 0 Å². The third-order valence-corrected chi connectivity index (χ3v) is 3.42. The number of nitrogens with one attached hydrogen (secondary N) is 2. The molecular weight excluding hydrogens is 202 g/mol. The standard InChI is InChI=1S/C12H25N3O/c1-5-15(11-6-13-7-11)8-12(16)14-10(4)9(2)3/h9-11,13H,5-8H2,1-4H3,(H,14,16). The molecule has 1 rings (SSSR count). The van der Waals surface area contributed by atoms with Crippen LogP contribution in [0.15, 0.2) is 0 Å². The normalized spacial score (nSPS) is 18.6. The molecule has 1 aliphatic heterocycles. The maximum atomic E-state index is 11.8. The van der Waals surface area contributed by atoms with Crippen LogP contribution in [-0.2, 0) is 4.79 Å². The van der Waals surface area contributed by atoms with E-state index >= 15 is 0 Å². The second-order valence-corrected chi connectivity index (χ2v) is 4.98. The topological polar surface area (TPSA) is 44.4 Å². The second kappa shape index (κ2) is 6.21. The van der Waals surface area contributed by atoms with E-state index in [0.717, 1.165) is 19.6 Å². The molecular formula is C12H25N3O. The van der Waals surface area contributed by atoms with E-state index in [-0.39, 0.29) is 11.9 Å². The summed E-state index contributed by atoms with van der Waals surface area (Å²) in [5, 5.41) is 6.28. The smallest absolute Gasteiger partial charge is 0.234 e. The van der Waals surface area contributed by atoms with Crippen LogP contribution in [0.3, 0.4) is 0 Å². The summed E-state index contributed by atoms with van der Waals surface area (Å²) in [6.45, 7) is 11.9. The molecule has 94 valence electrons. The fourth-order valence-electron chi connectivity index (χ4n) is 1.68. The zero-order chi connectivity index (χ0) is 12.1. The number of amides is 1. The first-order chi connectivity index (χ1) is 7.54. The molecule has 4 heteroatoms. The summed E-state index contributed by atoms with van der Waals surface area (Å²) in [5.74, 6) is 0.638. The van der Waals surface area contributed by atoms with E-state index in [1.807, 2.05) is 0 Å². The Hall–Kier alpha value is -0.610. The van der Waals surface area contributed by atoms with Crippen molar-refractivity contribution in [1.82, 2.24) is 15.5 Å². The Morgan fingerprint density at radius 3 is 2.44 bits per heavy atom. The third kappa shape index (κ3) is 3.76. The van der Waals surface area contributed by atoms with Gasteiger partial charge in [-0.2, -0.15) is 0 Å². The van der Waals surface area contributed by atoms with Gasteiger partial charge < -0.3 is 10.6 Å². The van der Waals surface area contributed by atoms with Crippen LogP contribution in [0.5, 0.6) is 0 Å². The number of nitrogens with zero attached hydrogens (tertiary/aromatic N) is 1. The Balaban J connectivity index is 2.31. The maximum Gasteiger partial charge on any atom is 0.234 e. The highest BCUT2D eigenvalue weighted by Gasteiger charge is 2.25. The highest BCUT2D eigenvalue weighted by atomic mass is 16.2. The van der Waals surface area contributed by atoms with Crippen LogP contribution in [0, 0.1) is 5.92 Å². The number of likely N-dealkylation sites (N-methyl/N-ethyl adjacent to an activating group) is 1. The van der Waals surface area contributed by atoms with Crippen molar-refractivity contribution in [3.05, 3.63) is 0 Å². The maximum absolute atomic E-state index is 11.8. The van der Waals surface area contributed by atoms with Crippen LogP contribution < -0.4 is 10.6 Å². The summed E-state index contributed by atoms with van der Waals surface area (Å²) in [6, 6.07) is 0.802. The molecule has 1 aliphatic rings. The number of carbonyl (C=O) groups is 1. The van der Waals surface area contributed by atoms with Gasteiger partial charge >= 0.3 is 0 Å². The largest absolute Gasteiger partial charge is 0.352 e. The summed E-state index contributed by atoms with van der Waals surface area (Å²) >= 11 is 0. The van der Waals surface area contributed by atoms with Gasteiger partial charge in [-0.15, -0.1) is 0 Å². The first-order valence-electron chi connectivity index (χ1n) is 6.28. The molecule has 0 aliphatic carbocycles. The predicted molar refractivity (Wildman–Crippen MR) is 66.3 cm³/mol. The molecule has 0 saturated carbocycles. The highest BCUT2D eigenvalue weighted by Crippen LogP contribution is 2.05. The number of hydrogen-bond acceptors (Lipinski definition) is 3. The fourth-order valence-corrected chi connectivity index (χ4v) is 1.68. The molecule has 0 aromatic heterocycles. The lowest BCUT2D eigenvalue weighted by atomic mass is 10.1. The van der Waals surface area contributed by atoms with E-state index in [9.17, 15) is 4.79 Å². The Morgan fingerprint density at radius 2 is 2.06 bits per heavy atom. The molecule has 1 amide bonds. The van der Waals surface area contributed by atoms with E-state index < -0.39 is 0 Å². The van der Waals surface area contributed by atoms with Gasteiger partial charge in [-0.3, -0.25) is 9.69 Å². The Labute approximate surface area is 98.8 Å². The Kier molecular flexibility index (Phi) is 5.22. The van der Waals surface area contributed by atoms with E-state index in [4.69, 9.17) is 0 Å². The summed E-state index contributed by atoms with van der Waals surface area (Å²) in [5.41, 5.74) is 0. The summed E-state index contributed by atoms with van der Waals surface area (Å²) in [7, 11) is 0. The molecule has 1 heterocycles. The molecule has 1 atom stereocenters. The second-order valence-electron chi connectivity index (χ2n) is 4.98. The third-order valence-electron chi connectivity index (χ3n) is 3.42. The van der Waals surface area contributed by atoms with Gasteiger partial charge in [0.15, 0.2) is 0 Å². The lowest BCUT2D eigenvalue weighted by molar-refractivity contribution is -0.123. The van der Waals surface area contributed by atoms with Crippen molar-refractivity contribution in [3.8, 4) is 0 Å². The SMILES string of the molecule is CCN(CC(=O)NC(C)C(C)C)C1CNC1. The minimum absolute atomic E-state index is 0.148. The van der Waals surface area contributed by atoms with E-state index in [2.05, 4.69) is 43.2 Å². The molecule has 1 unspecified atom stereocenters. The van der Waals surface area contributed by atoms with Crippen molar-refractivity contribution < 1.29 is 4.79 Å². The molecule has 2 N–H and O–H groups in total. The molecule has 16 heavy (non-hydrogen) atoms. The quantitative estimate of drug-likeness (QED) is 0.692. The molecule has 4 nitrogen and oxygen atoms in total. The molecule has 0 bridgehead atoms. The predicted octanol–water partition coefficient (Wildman–Crippen LogP) is 0.441. The summed E-state index contributed by atoms with van der Waals surface area (Å²) < 4.78 is 0. The van der Waals surface area contributed by atoms with Crippen molar-refractivity contribution in [2.45, 2.75) is 39.8 Å². The van der Waals surface area contributed by atoms with Crippen LogP contribution >= 0.6 is 0 Å². The molecule has 1 fully saturated rings. The highest BCUT2D eigenvalue weighted by molar-refractivity contribution is 5.78. The average Bonchev–Trinajstić information content (AvgIpc) is 2.13. The van der Waals surface area contributed by atoms with E-state index in [1.54, 1.807) is 0 Å². The monoisotopic (exact) mass is 227 g/mol. The molecule has 0 spiro atoms. The van der Waals surface area contributed by atoms with Gasteiger partial charge in [-0.05, 0) is 19.4 Å². The molecule has 1 saturated heterocycles. The van der Waals surface area contributed by atoms with Crippen molar-refractivity contribution >= 4 is 5.91 Å². The van der Waals surface area contributed by atoms with Gasteiger partial charge in [0.2, 0.25) is 5.91 Å². The minimum atomic E-state index is 0.148. The van der Waals surface area contributed by atoms with Crippen LogP contribution in [0.1, 0.15) is 27.7 Å². The summed E-state index contributed by atoms with van der Waals surface area (Å²) in [4.78, 5) is 14.0. The van der Waals surface area contributed by atoms with Crippen molar-refractivity contribution in [3.63, 3.8) is 0 Å². The van der Waals surface area contributed by atoms with E-state index in [1.165, 1.54) is 0 Å². The van der Waals surface area contributed by atoms with Crippen molar-refractivity contribution in [2.75, 3.05) is 26.2 Å². The molecule has 0 aromatic carbocycles. The minimum Gasteiger partial charge on any atom is -0.352 e. The summed E-state index contributed by atoms with van der Waals surface area (Å²) in [6.07, 6.45) is 0. The Morgan fingerprint density at radius 1 is 1.44 bits per heavy atom. The van der Waals surface area contributed by atoms with Crippen molar-refractivity contribution in [2.24, 2.45) is 5.92 Å². The Bertz CT molecular complexity index is 226. The van der Waals surface area contributed by atoms with Crippen LogP contribution in [0.4, 0.5) is 0 Å². The van der Waals surface area contributed by atoms with Gasteiger partial charge in [0, 0.05) is 25.2 Å². The van der Waals surface area contributed by atoms with Crippen LogP contribution in [0.2, 0.25) is 0 Å². The van der Waals surface area contributed by atoms with Crippen LogP contribution in [-0.4, -0.2) is 49.1 Å². The van der Waals surface area contributed by atoms with Gasteiger partial charge in [-0.1, -0.05) is 20.8 Å². The average molecular weight is 227 g/mol. The zero-order valence-electron chi connectivity index (χ0n) is 10.9. The zero-order valence-corrected chi connectivity index (χ0v) is 10.9. The van der Waals surface area contributed by atoms with Gasteiger partial charge in [0.05, 0.1) is 6.54 Å². The first-order valence-corrected chi connectivity index (χ1v) is 6.28. The number of rotatable bonds is 6. The van der Waals surface area contributed by atoms with Crippen molar-refractivity contribution in [1.29, 1.82) is 0 Å². The molecule has 0 aromatic rings. The first kappa shape index (κ1) is 13.5. The van der Waals surface area contributed by atoms with Gasteiger partial charge in [-0.25, -0.2) is 0 Å². The number of carbonyl (C=O) groups excluding carboxylic acids is 1. The van der Waals surface area contributed by atoms with Gasteiger partial charge in [0.1, 0.15) is 0 Å². The number of hydrogen-bond donors (Lipinski definition) is 2. The lowest BCUT2D eigenvalue weighted by Crippen LogP contribution is -2.59. The van der Waals surface area contributed by atoms with Crippen LogP contribution in [0.25, 0.3) is 0 Å².